The van der Waals surface area contributed by atoms with Crippen molar-refractivity contribution in [1.82, 2.24) is 0 Å². The lowest BCUT2D eigenvalue weighted by molar-refractivity contribution is 0.474. The number of hydrogen-bond acceptors (Lipinski definition) is 4. The van der Waals surface area contributed by atoms with Gasteiger partial charge in [-0.05, 0) is 48.9 Å². The standard InChI is InChI=1S/C15H16O3S2/c1-2-10-20(17,18)15-8-6-13(7-9-15)19-14-5-3-4-12(16)11-14/h3-9,11,16H,2,10H2,1H3. The maximum atomic E-state index is 11.9. The van der Waals surface area contributed by atoms with Gasteiger partial charge in [-0.2, -0.15) is 0 Å². The van der Waals surface area contributed by atoms with Crippen molar-refractivity contribution in [1.29, 1.82) is 0 Å². The van der Waals surface area contributed by atoms with Gasteiger partial charge in [0.1, 0.15) is 5.75 Å². The number of rotatable bonds is 5. The molecule has 0 saturated heterocycles. The second-order valence-corrected chi connectivity index (χ2v) is 7.65. The summed E-state index contributed by atoms with van der Waals surface area (Å²) in [6, 6.07) is 13.8. The van der Waals surface area contributed by atoms with Crippen molar-refractivity contribution in [2.75, 3.05) is 5.75 Å². The van der Waals surface area contributed by atoms with Crippen LogP contribution in [-0.4, -0.2) is 19.3 Å². The van der Waals surface area contributed by atoms with Crippen LogP contribution < -0.4 is 0 Å². The second kappa shape index (κ2) is 6.33. The summed E-state index contributed by atoms with van der Waals surface area (Å²) in [4.78, 5) is 2.21. The average Bonchev–Trinajstić information content (AvgIpc) is 2.39. The molecule has 0 aliphatic carbocycles. The maximum Gasteiger partial charge on any atom is 0.178 e. The van der Waals surface area contributed by atoms with Crippen LogP contribution in [-0.2, 0) is 9.84 Å². The number of hydrogen-bond donors (Lipinski definition) is 1. The summed E-state index contributed by atoms with van der Waals surface area (Å²) in [5, 5.41) is 9.41. The molecule has 0 amide bonds. The van der Waals surface area contributed by atoms with E-state index in [1.807, 2.05) is 13.0 Å². The molecule has 2 aromatic rings. The highest BCUT2D eigenvalue weighted by atomic mass is 32.2. The fourth-order valence-electron chi connectivity index (χ4n) is 1.78. The van der Waals surface area contributed by atoms with Gasteiger partial charge in [-0.3, -0.25) is 0 Å². The lowest BCUT2D eigenvalue weighted by atomic mass is 10.3. The number of sulfone groups is 1. The predicted molar refractivity (Wildman–Crippen MR) is 81.0 cm³/mol. The molecule has 20 heavy (non-hydrogen) atoms. The third kappa shape index (κ3) is 3.77. The Hall–Kier alpha value is -1.46. The molecule has 0 fully saturated rings. The van der Waals surface area contributed by atoms with Crippen LogP contribution in [0.2, 0.25) is 0 Å². The Kier molecular flexibility index (Phi) is 4.73. The Morgan fingerprint density at radius 3 is 2.35 bits per heavy atom. The van der Waals surface area contributed by atoms with Crippen LogP contribution in [0.5, 0.6) is 5.75 Å². The van der Waals surface area contributed by atoms with Gasteiger partial charge in [0.05, 0.1) is 10.6 Å². The highest BCUT2D eigenvalue weighted by molar-refractivity contribution is 7.99. The highest BCUT2D eigenvalue weighted by Crippen LogP contribution is 2.30. The first-order chi connectivity index (χ1) is 9.51. The van der Waals surface area contributed by atoms with Crippen LogP contribution in [0.3, 0.4) is 0 Å². The van der Waals surface area contributed by atoms with Crippen LogP contribution >= 0.6 is 11.8 Å². The number of phenols is 1. The molecule has 0 bridgehead atoms. The van der Waals surface area contributed by atoms with Gasteiger partial charge < -0.3 is 5.11 Å². The summed E-state index contributed by atoms with van der Waals surface area (Å²) in [6.07, 6.45) is 0.613. The zero-order valence-electron chi connectivity index (χ0n) is 11.1. The summed E-state index contributed by atoms with van der Waals surface area (Å²) in [6.45, 7) is 1.85. The highest BCUT2D eigenvalue weighted by Gasteiger charge is 2.12. The van der Waals surface area contributed by atoms with E-state index in [1.54, 1.807) is 42.5 Å². The van der Waals surface area contributed by atoms with E-state index < -0.39 is 9.84 Å². The zero-order valence-corrected chi connectivity index (χ0v) is 12.7. The van der Waals surface area contributed by atoms with Crippen LogP contribution in [0.25, 0.3) is 0 Å². The SMILES string of the molecule is CCCS(=O)(=O)c1ccc(Sc2cccc(O)c2)cc1. The number of aromatic hydroxyl groups is 1. The molecule has 0 aromatic heterocycles. The summed E-state index contributed by atoms with van der Waals surface area (Å²) < 4.78 is 23.8. The quantitative estimate of drug-likeness (QED) is 0.914. The van der Waals surface area contributed by atoms with Crippen molar-refractivity contribution < 1.29 is 13.5 Å². The van der Waals surface area contributed by atoms with E-state index in [-0.39, 0.29) is 11.5 Å². The van der Waals surface area contributed by atoms with Gasteiger partial charge in [-0.25, -0.2) is 8.42 Å². The molecule has 0 spiro atoms. The molecule has 1 N–H and O–H groups in total. The first kappa shape index (κ1) is 14.9. The molecular formula is C15H16O3S2. The first-order valence-electron chi connectivity index (χ1n) is 6.31. The van der Waals surface area contributed by atoms with E-state index in [4.69, 9.17) is 0 Å². The molecule has 0 aliphatic heterocycles. The third-order valence-corrected chi connectivity index (χ3v) is 5.64. The summed E-state index contributed by atoms with van der Waals surface area (Å²) in [5.74, 6) is 0.392. The summed E-state index contributed by atoms with van der Waals surface area (Å²) >= 11 is 1.48. The molecule has 0 saturated carbocycles. The summed E-state index contributed by atoms with van der Waals surface area (Å²) in [7, 11) is -3.16. The van der Waals surface area contributed by atoms with Crippen molar-refractivity contribution in [3.05, 3.63) is 48.5 Å². The van der Waals surface area contributed by atoms with Gasteiger partial charge in [0.2, 0.25) is 0 Å². The van der Waals surface area contributed by atoms with E-state index in [0.717, 1.165) is 9.79 Å². The van der Waals surface area contributed by atoms with E-state index in [2.05, 4.69) is 0 Å². The smallest absolute Gasteiger partial charge is 0.178 e. The van der Waals surface area contributed by atoms with Crippen LogP contribution in [0, 0.1) is 0 Å². The van der Waals surface area contributed by atoms with Gasteiger partial charge in [0.15, 0.2) is 9.84 Å². The number of phenolic OH excluding ortho intramolecular Hbond substituents is 1. The Bertz CT molecular complexity index is 677. The Balaban J connectivity index is 2.17. The van der Waals surface area contributed by atoms with Gasteiger partial charge in [0.25, 0.3) is 0 Å². The minimum atomic E-state index is -3.16. The van der Waals surface area contributed by atoms with E-state index >= 15 is 0 Å². The fraction of sp³-hybridized carbons (Fsp3) is 0.200. The lowest BCUT2D eigenvalue weighted by Crippen LogP contribution is -2.05. The van der Waals surface area contributed by atoms with Crippen LogP contribution in [0.4, 0.5) is 0 Å². The molecular weight excluding hydrogens is 292 g/mol. The molecule has 2 aromatic carbocycles. The summed E-state index contributed by atoms with van der Waals surface area (Å²) in [5.41, 5.74) is 0. The van der Waals surface area contributed by atoms with Crippen molar-refractivity contribution >= 4 is 21.6 Å². The van der Waals surface area contributed by atoms with Gasteiger partial charge >= 0.3 is 0 Å². The van der Waals surface area contributed by atoms with Crippen molar-refractivity contribution in [3.63, 3.8) is 0 Å². The Morgan fingerprint density at radius 1 is 1.05 bits per heavy atom. The van der Waals surface area contributed by atoms with E-state index in [9.17, 15) is 13.5 Å². The minimum Gasteiger partial charge on any atom is -0.508 e. The Labute approximate surface area is 123 Å². The normalized spacial score (nSPS) is 11.4. The largest absolute Gasteiger partial charge is 0.508 e. The van der Waals surface area contributed by atoms with Gasteiger partial charge in [-0.1, -0.05) is 24.8 Å². The average molecular weight is 308 g/mol. The lowest BCUT2D eigenvalue weighted by Gasteiger charge is -2.05. The predicted octanol–water partition coefficient (Wildman–Crippen LogP) is 3.73. The van der Waals surface area contributed by atoms with Gasteiger partial charge in [0, 0.05) is 9.79 Å². The molecule has 0 aliphatic rings. The fourth-order valence-corrected chi connectivity index (χ4v) is 3.98. The maximum absolute atomic E-state index is 11.9. The molecule has 0 radical (unpaired) electrons. The molecule has 5 heteroatoms. The van der Waals surface area contributed by atoms with Crippen molar-refractivity contribution in [2.45, 2.75) is 28.0 Å². The van der Waals surface area contributed by atoms with E-state index in [1.165, 1.54) is 11.8 Å². The molecule has 0 heterocycles. The molecule has 0 atom stereocenters. The molecule has 106 valence electrons. The molecule has 0 unspecified atom stereocenters. The van der Waals surface area contributed by atoms with Crippen molar-refractivity contribution in [2.24, 2.45) is 0 Å². The molecule has 3 nitrogen and oxygen atoms in total. The second-order valence-electron chi connectivity index (χ2n) is 4.39. The zero-order chi connectivity index (χ0) is 14.6. The number of benzene rings is 2. The van der Waals surface area contributed by atoms with Crippen LogP contribution in [0.1, 0.15) is 13.3 Å². The molecule has 2 rings (SSSR count). The van der Waals surface area contributed by atoms with Crippen LogP contribution in [0.15, 0.2) is 63.2 Å². The van der Waals surface area contributed by atoms with Crippen molar-refractivity contribution in [3.8, 4) is 5.75 Å². The first-order valence-corrected chi connectivity index (χ1v) is 8.78. The Morgan fingerprint density at radius 2 is 1.75 bits per heavy atom. The minimum absolute atomic E-state index is 0.173. The van der Waals surface area contributed by atoms with Gasteiger partial charge in [-0.15, -0.1) is 0 Å². The monoisotopic (exact) mass is 308 g/mol. The van der Waals surface area contributed by atoms with E-state index in [0.29, 0.717) is 11.3 Å². The third-order valence-electron chi connectivity index (χ3n) is 2.71. The topological polar surface area (TPSA) is 54.4 Å².